The highest BCUT2D eigenvalue weighted by Crippen LogP contribution is 2.19. The normalized spacial score (nSPS) is 11.4. The monoisotopic (exact) mass is 341 g/mol. The molecule has 0 saturated heterocycles. The van der Waals surface area contributed by atoms with E-state index in [0.29, 0.717) is 18.1 Å². The Morgan fingerprint density at radius 3 is 2.60 bits per heavy atom. The van der Waals surface area contributed by atoms with Gasteiger partial charge in [0, 0.05) is 18.2 Å². The summed E-state index contributed by atoms with van der Waals surface area (Å²) in [5.74, 6) is 1.76. The molecule has 0 unspecified atom stereocenters. The zero-order chi connectivity index (χ0) is 17.8. The second-order valence-corrected chi connectivity index (χ2v) is 5.89. The summed E-state index contributed by atoms with van der Waals surface area (Å²) in [6.07, 6.45) is 1.07. The van der Waals surface area contributed by atoms with E-state index in [1.54, 1.807) is 13.2 Å². The van der Waals surface area contributed by atoms with Gasteiger partial charge >= 0.3 is 0 Å². The van der Waals surface area contributed by atoms with Crippen molar-refractivity contribution in [2.45, 2.75) is 26.8 Å². The van der Waals surface area contributed by atoms with Crippen molar-refractivity contribution in [2.24, 2.45) is 0 Å². The molecule has 0 atom stereocenters. The highest BCUT2D eigenvalue weighted by atomic mass is 16.5. The van der Waals surface area contributed by atoms with Crippen LogP contribution in [0.1, 0.15) is 26.0 Å². The Morgan fingerprint density at radius 1 is 1.20 bits per heavy atom. The van der Waals surface area contributed by atoms with E-state index in [1.165, 1.54) is 4.52 Å². The molecule has 0 aliphatic carbocycles. The van der Waals surface area contributed by atoms with Crippen molar-refractivity contribution in [2.75, 3.05) is 20.2 Å². The van der Waals surface area contributed by atoms with Crippen LogP contribution in [0.25, 0.3) is 17.2 Å². The summed E-state index contributed by atoms with van der Waals surface area (Å²) in [6.45, 7) is 6.81. The van der Waals surface area contributed by atoms with Crippen LogP contribution in [-0.4, -0.2) is 44.7 Å². The number of nitrogens with one attached hydrogen (secondary N) is 1. The minimum Gasteiger partial charge on any atom is -0.497 e. The minimum absolute atomic E-state index is 0.153. The van der Waals surface area contributed by atoms with Crippen LogP contribution < -0.4 is 10.3 Å². The Balaban J connectivity index is 1.94. The van der Waals surface area contributed by atoms with Gasteiger partial charge in [-0.2, -0.15) is 9.50 Å². The zero-order valence-electron chi connectivity index (χ0n) is 14.8. The first kappa shape index (κ1) is 17.2. The number of rotatable bonds is 7. The van der Waals surface area contributed by atoms with E-state index in [-0.39, 0.29) is 5.56 Å². The largest absolute Gasteiger partial charge is 0.497 e. The molecule has 0 amide bonds. The van der Waals surface area contributed by atoms with Crippen molar-refractivity contribution in [3.05, 3.63) is 46.4 Å². The number of H-pyrrole nitrogens is 1. The van der Waals surface area contributed by atoms with Crippen molar-refractivity contribution in [1.82, 2.24) is 24.5 Å². The summed E-state index contributed by atoms with van der Waals surface area (Å²) in [6, 6.07) is 9.06. The first-order chi connectivity index (χ1) is 12.1. The standard InChI is InChI=1S/C18H23N5O2/c1-4-10-22(5-2)12-14-11-16(24)23-18(19-14)20-17(21-23)13-6-8-15(25-3)9-7-13/h6-9,11H,4-5,10,12H2,1-3H3,(H,19,20,21). The molecule has 0 saturated carbocycles. The molecule has 3 rings (SSSR count). The van der Waals surface area contributed by atoms with Gasteiger partial charge < -0.3 is 4.74 Å². The lowest BCUT2D eigenvalue weighted by Crippen LogP contribution is -2.26. The molecule has 7 heteroatoms. The summed E-state index contributed by atoms with van der Waals surface area (Å²) >= 11 is 0. The van der Waals surface area contributed by atoms with Crippen LogP contribution in [0, 0.1) is 0 Å². The number of fused-ring (bicyclic) bond motifs is 1. The molecule has 7 nitrogen and oxygen atoms in total. The number of aromatic nitrogens is 4. The lowest BCUT2D eigenvalue weighted by atomic mass is 10.2. The summed E-state index contributed by atoms with van der Waals surface area (Å²) in [5, 5.41) is 3.01. The lowest BCUT2D eigenvalue weighted by molar-refractivity contribution is 0.277. The van der Waals surface area contributed by atoms with Crippen LogP contribution in [0.2, 0.25) is 0 Å². The molecule has 0 spiro atoms. The van der Waals surface area contributed by atoms with Crippen molar-refractivity contribution in [3.63, 3.8) is 0 Å². The van der Waals surface area contributed by atoms with E-state index < -0.39 is 0 Å². The van der Waals surface area contributed by atoms with E-state index in [1.807, 2.05) is 24.3 Å². The molecule has 132 valence electrons. The SMILES string of the molecule is CCCN(CC)Cc1cc(=O)n2[nH]c(-c3ccc(OC)cc3)nc2n1. The van der Waals surface area contributed by atoms with Gasteiger partial charge in [-0.15, -0.1) is 0 Å². The Kier molecular flexibility index (Phi) is 5.14. The first-order valence-electron chi connectivity index (χ1n) is 8.50. The number of hydrogen-bond donors (Lipinski definition) is 1. The van der Waals surface area contributed by atoms with Crippen molar-refractivity contribution in [3.8, 4) is 17.1 Å². The number of hydrogen-bond acceptors (Lipinski definition) is 5. The third-order valence-corrected chi connectivity index (χ3v) is 4.12. The molecule has 0 aliphatic rings. The van der Waals surface area contributed by atoms with Gasteiger partial charge in [-0.05, 0) is 43.8 Å². The molecule has 0 radical (unpaired) electrons. The van der Waals surface area contributed by atoms with Gasteiger partial charge in [-0.1, -0.05) is 13.8 Å². The second kappa shape index (κ2) is 7.48. The molecule has 25 heavy (non-hydrogen) atoms. The Bertz CT molecular complexity index is 898. The van der Waals surface area contributed by atoms with Crippen LogP contribution in [-0.2, 0) is 6.54 Å². The first-order valence-corrected chi connectivity index (χ1v) is 8.50. The van der Waals surface area contributed by atoms with E-state index in [4.69, 9.17) is 4.74 Å². The summed E-state index contributed by atoms with van der Waals surface area (Å²) < 4.78 is 6.54. The molecule has 1 N–H and O–H groups in total. The smallest absolute Gasteiger partial charge is 0.274 e. The topological polar surface area (TPSA) is 75.5 Å². The molecule has 2 heterocycles. The van der Waals surface area contributed by atoms with Gasteiger partial charge in [0.25, 0.3) is 11.3 Å². The van der Waals surface area contributed by atoms with Crippen LogP contribution >= 0.6 is 0 Å². The second-order valence-electron chi connectivity index (χ2n) is 5.89. The fraction of sp³-hybridized carbons (Fsp3) is 0.389. The van der Waals surface area contributed by atoms with Gasteiger partial charge in [0.15, 0.2) is 5.82 Å². The molecule has 3 aromatic rings. The fourth-order valence-corrected chi connectivity index (χ4v) is 2.78. The molecule has 0 fully saturated rings. The predicted octanol–water partition coefficient (Wildman–Crippen LogP) is 2.33. The average Bonchev–Trinajstić information content (AvgIpc) is 3.06. The molecule has 1 aromatic carbocycles. The van der Waals surface area contributed by atoms with Crippen LogP contribution in [0.5, 0.6) is 5.75 Å². The third-order valence-electron chi connectivity index (χ3n) is 4.12. The van der Waals surface area contributed by atoms with E-state index in [9.17, 15) is 4.79 Å². The van der Waals surface area contributed by atoms with Gasteiger partial charge in [0.2, 0.25) is 0 Å². The maximum absolute atomic E-state index is 12.4. The van der Waals surface area contributed by atoms with Crippen molar-refractivity contribution in [1.29, 1.82) is 0 Å². The molecular weight excluding hydrogens is 318 g/mol. The van der Waals surface area contributed by atoms with Gasteiger partial charge in [-0.25, -0.2) is 4.98 Å². The number of benzene rings is 1. The Morgan fingerprint density at radius 2 is 1.96 bits per heavy atom. The summed E-state index contributed by atoms with van der Waals surface area (Å²) in [7, 11) is 1.62. The van der Waals surface area contributed by atoms with Crippen LogP contribution in [0.3, 0.4) is 0 Å². The van der Waals surface area contributed by atoms with E-state index in [0.717, 1.165) is 36.5 Å². The maximum Gasteiger partial charge on any atom is 0.274 e. The number of ether oxygens (including phenoxy) is 1. The van der Waals surface area contributed by atoms with Gasteiger partial charge in [0.1, 0.15) is 5.75 Å². The predicted molar refractivity (Wildman–Crippen MR) is 96.8 cm³/mol. The third kappa shape index (κ3) is 3.71. The van der Waals surface area contributed by atoms with Crippen LogP contribution in [0.4, 0.5) is 0 Å². The van der Waals surface area contributed by atoms with Crippen molar-refractivity contribution < 1.29 is 4.74 Å². The van der Waals surface area contributed by atoms with E-state index in [2.05, 4.69) is 33.8 Å². The van der Waals surface area contributed by atoms with Crippen molar-refractivity contribution >= 4 is 5.78 Å². The Hall–Kier alpha value is -2.67. The summed E-state index contributed by atoms with van der Waals surface area (Å²) in [5.41, 5.74) is 1.46. The zero-order valence-corrected chi connectivity index (χ0v) is 14.8. The quantitative estimate of drug-likeness (QED) is 0.714. The number of aromatic amines is 1. The highest BCUT2D eigenvalue weighted by Gasteiger charge is 2.11. The molecule has 0 bridgehead atoms. The van der Waals surface area contributed by atoms with Gasteiger partial charge in [-0.3, -0.25) is 14.8 Å². The number of nitrogens with zero attached hydrogens (tertiary/aromatic N) is 4. The Labute approximate surface area is 146 Å². The summed E-state index contributed by atoms with van der Waals surface area (Å²) in [4.78, 5) is 23.7. The molecule has 2 aromatic heterocycles. The van der Waals surface area contributed by atoms with Crippen LogP contribution in [0.15, 0.2) is 35.1 Å². The highest BCUT2D eigenvalue weighted by molar-refractivity contribution is 5.58. The average molecular weight is 341 g/mol. The number of methoxy groups -OCH3 is 1. The molecule has 0 aliphatic heterocycles. The van der Waals surface area contributed by atoms with Gasteiger partial charge in [0.05, 0.1) is 12.8 Å². The maximum atomic E-state index is 12.4. The minimum atomic E-state index is -0.153. The van der Waals surface area contributed by atoms with E-state index >= 15 is 0 Å². The fourth-order valence-electron chi connectivity index (χ4n) is 2.78. The molecular formula is C18H23N5O2. The lowest BCUT2D eigenvalue weighted by Gasteiger charge is -2.18.